The summed E-state index contributed by atoms with van der Waals surface area (Å²) >= 11 is 0. The van der Waals surface area contributed by atoms with Crippen LogP contribution in [0, 0.1) is 24.7 Å². The molecule has 0 aromatic carbocycles. The van der Waals surface area contributed by atoms with Gasteiger partial charge in [0.1, 0.15) is 0 Å². The molecule has 0 aromatic heterocycles. The summed E-state index contributed by atoms with van der Waals surface area (Å²) in [6.45, 7) is 0. The Kier molecular flexibility index (Phi) is 26.4. The molecule has 0 nitrogen and oxygen atoms in total. The molecule has 0 saturated heterocycles. The molecule has 0 saturated carbocycles. The number of rotatable bonds is 5. The van der Waals surface area contributed by atoms with Crippen molar-refractivity contribution < 1.29 is 37.7 Å². The van der Waals surface area contributed by atoms with Gasteiger partial charge in [-0.1, -0.05) is 12.8 Å². The second kappa shape index (κ2) is 17.4. The van der Waals surface area contributed by atoms with Gasteiger partial charge < -0.3 is 0 Å². The third kappa shape index (κ3) is 16.7. The van der Waals surface area contributed by atoms with Gasteiger partial charge in [-0.25, -0.2) is 0 Å². The first kappa shape index (κ1) is 18.2. The van der Waals surface area contributed by atoms with E-state index in [0.717, 1.165) is 25.7 Å². The number of unbranched alkanes of at least 4 members (excludes halogenated alkanes) is 5. The van der Waals surface area contributed by atoms with Crippen molar-refractivity contribution in [2.24, 2.45) is 0 Å². The van der Waals surface area contributed by atoms with Gasteiger partial charge >= 0.3 is 37.7 Å². The molecule has 0 atom stereocenters. The predicted octanol–water partition coefficient (Wildman–Crippen LogP) is -3.40. The zero-order valence-electron chi connectivity index (χ0n) is 8.40. The maximum Gasteiger partial charge on any atom is 1.00 e. The number of hydrogen-bond donors (Lipinski definition) is 0. The quantitative estimate of drug-likeness (QED) is 0.216. The third-order valence-electron chi connectivity index (χ3n) is 1.39. The summed E-state index contributed by atoms with van der Waals surface area (Å²) in [5.74, 6) is 5.24. The summed E-state index contributed by atoms with van der Waals surface area (Å²) in [5, 5.41) is 0. The van der Waals surface area contributed by atoms with E-state index in [4.69, 9.17) is 12.8 Å². The monoisotopic (exact) mass is 148 g/mol. The molecule has 12 heavy (non-hydrogen) atoms. The zero-order chi connectivity index (χ0) is 7.66. The second-order valence-electron chi connectivity index (χ2n) is 2.32. The van der Waals surface area contributed by atoms with Gasteiger partial charge in [-0.2, -0.15) is 0 Å². The summed E-state index contributed by atoms with van der Waals surface area (Å²) in [6, 6.07) is 0. The van der Waals surface area contributed by atoms with Gasteiger partial charge in [0.05, 0.1) is 0 Å². The molecule has 0 aliphatic carbocycles. The molecule has 0 N–H and O–H groups in total. The fourth-order valence-electron chi connectivity index (χ4n) is 0.808. The van der Waals surface area contributed by atoms with E-state index in [0.29, 0.717) is 0 Å². The normalized spacial score (nSPS) is 6.83. The molecule has 54 valence electrons. The first-order chi connectivity index (χ1) is 4.91. The Bertz CT molecular complexity index is 121. The molecule has 2 heteroatoms. The maximum absolute atomic E-state index is 5.09. The smallest absolute Gasteiger partial charge is 0.120 e. The van der Waals surface area contributed by atoms with E-state index in [-0.39, 0.29) is 37.7 Å². The average Bonchev–Trinajstić information content (AvgIpc) is 1.97. The molecule has 0 amide bonds. The molecular formula is C10H14Li2+2. The molecule has 0 heterocycles. The van der Waals surface area contributed by atoms with E-state index >= 15 is 0 Å². The van der Waals surface area contributed by atoms with Crippen molar-refractivity contribution in [3.8, 4) is 24.7 Å². The van der Waals surface area contributed by atoms with Crippen LogP contribution >= 0.6 is 0 Å². The van der Waals surface area contributed by atoms with Gasteiger partial charge in [-0.3, -0.25) is 0 Å². The molecule has 0 aromatic rings. The molecule has 0 rings (SSSR count). The summed E-state index contributed by atoms with van der Waals surface area (Å²) < 4.78 is 0. The van der Waals surface area contributed by atoms with Crippen molar-refractivity contribution in [3.05, 3.63) is 0 Å². The largest absolute Gasteiger partial charge is 1.00 e. The Labute approximate surface area is 101 Å². The van der Waals surface area contributed by atoms with E-state index in [9.17, 15) is 0 Å². The molecule has 0 bridgehead atoms. The van der Waals surface area contributed by atoms with Crippen LogP contribution in [0.3, 0.4) is 0 Å². The summed E-state index contributed by atoms with van der Waals surface area (Å²) in [5.41, 5.74) is 0. The van der Waals surface area contributed by atoms with Crippen molar-refractivity contribution in [2.75, 3.05) is 0 Å². The fraction of sp³-hybridized carbons (Fsp3) is 0.600. The van der Waals surface area contributed by atoms with Crippen molar-refractivity contribution >= 4 is 0 Å². The van der Waals surface area contributed by atoms with E-state index in [1.165, 1.54) is 12.8 Å². The van der Waals surface area contributed by atoms with Crippen LogP contribution in [0.5, 0.6) is 0 Å². The fourth-order valence-corrected chi connectivity index (χ4v) is 0.808. The Morgan fingerprint density at radius 2 is 1.00 bits per heavy atom. The summed E-state index contributed by atoms with van der Waals surface area (Å²) in [4.78, 5) is 0. The van der Waals surface area contributed by atoms with Crippen LogP contribution in [0.15, 0.2) is 0 Å². The van der Waals surface area contributed by atoms with Gasteiger partial charge in [0.15, 0.2) is 0 Å². The molecule has 0 fully saturated rings. The van der Waals surface area contributed by atoms with Gasteiger partial charge in [-0.05, 0) is 12.8 Å². The predicted molar refractivity (Wildman–Crippen MR) is 45.4 cm³/mol. The average molecular weight is 148 g/mol. The number of terminal acetylenes is 2. The molecular weight excluding hydrogens is 134 g/mol. The van der Waals surface area contributed by atoms with Crippen molar-refractivity contribution in [1.29, 1.82) is 0 Å². The Balaban J connectivity index is -0.000000405. The van der Waals surface area contributed by atoms with Gasteiger partial charge in [-0.15, -0.1) is 24.7 Å². The van der Waals surface area contributed by atoms with Crippen LogP contribution in [0.25, 0.3) is 0 Å². The van der Waals surface area contributed by atoms with E-state index in [1.807, 2.05) is 0 Å². The van der Waals surface area contributed by atoms with Crippen LogP contribution < -0.4 is 37.7 Å². The summed E-state index contributed by atoms with van der Waals surface area (Å²) in [6.07, 6.45) is 16.8. The standard InChI is InChI=1S/C10H14.2Li/c1-3-5-7-9-10-8-6-4-2;;/h1-2H,5-10H2;;/q;2*+1. The van der Waals surface area contributed by atoms with Crippen molar-refractivity contribution in [3.63, 3.8) is 0 Å². The van der Waals surface area contributed by atoms with Gasteiger partial charge in [0.25, 0.3) is 0 Å². The minimum Gasteiger partial charge on any atom is -0.120 e. The minimum absolute atomic E-state index is 0. The first-order valence-electron chi connectivity index (χ1n) is 3.78. The number of hydrogen-bond acceptors (Lipinski definition) is 0. The van der Waals surface area contributed by atoms with Gasteiger partial charge in [0.2, 0.25) is 0 Å². The van der Waals surface area contributed by atoms with Crippen molar-refractivity contribution in [2.45, 2.75) is 38.5 Å². The molecule has 0 radical (unpaired) electrons. The van der Waals surface area contributed by atoms with E-state index in [1.54, 1.807) is 0 Å². The SMILES string of the molecule is C#CCCCCCCC#C.[Li+].[Li+]. The molecule has 0 unspecified atom stereocenters. The zero-order valence-corrected chi connectivity index (χ0v) is 8.40. The summed E-state index contributed by atoms with van der Waals surface area (Å²) in [7, 11) is 0. The topological polar surface area (TPSA) is 0 Å². The maximum atomic E-state index is 5.09. The Morgan fingerprint density at radius 3 is 1.25 bits per heavy atom. The van der Waals surface area contributed by atoms with Crippen LogP contribution in [-0.4, -0.2) is 0 Å². The Hall–Kier alpha value is 0.315. The van der Waals surface area contributed by atoms with Crippen LogP contribution in [0.1, 0.15) is 38.5 Å². The van der Waals surface area contributed by atoms with Crippen molar-refractivity contribution in [1.82, 2.24) is 0 Å². The van der Waals surface area contributed by atoms with Gasteiger partial charge in [0, 0.05) is 12.8 Å². The van der Waals surface area contributed by atoms with E-state index in [2.05, 4.69) is 11.8 Å². The Morgan fingerprint density at radius 1 is 0.667 bits per heavy atom. The molecule has 0 spiro atoms. The first-order valence-corrected chi connectivity index (χ1v) is 3.78. The van der Waals surface area contributed by atoms with E-state index < -0.39 is 0 Å². The van der Waals surface area contributed by atoms with Crippen LogP contribution in [0.4, 0.5) is 0 Å². The third-order valence-corrected chi connectivity index (χ3v) is 1.39. The van der Waals surface area contributed by atoms with Crippen LogP contribution in [0.2, 0.25) is 0 Å². The molecule has 0 aliphatic rings. The second-order valence-corrected chi connectivity index (χ2v) is 2.32. The minimum atomic E-state index is 0. The van der Waals surface area contributed by atoms with Crippen LogP contribution in [-0.2, 0) is 0 Å². The molecule has 0 aliphatic heterocycles.